The summed E-state index contributed by atoms with van der Waals surface area (Å²) in [4.78, 5) is 4.03. The van der Waals surface area contributed by atoms with Gasteiger partial charge in [-0.1, -0.05) is 6.92 Å². The van der Waals surface area contributed by atoms with Gasteiger partial charge in [-0.15, -0.1) is 0 Å². The molecular weight excluding hydrogens is 244 g/mol. The summed E-state index contributed by atoms with van der Waals surface area (Å²) in [6.07, 6.45) is 3.58. The lowest BCUT2D eigenvalue weighted by Crippen LogP contribution is -2.18. The van der Waals surface area contributed by atoms with E-state index in [-0.39, 0.29) is 12.4 Å². The highest BCUT2D eigenvalue weighted by Crippen LogP contribution is 2.23. The number of nitrogens with one attached hydrogen (secondary N) is 1. The van der Waals surface area contributed by atoms with Crippen LogP contribution in [-0.2, 0) is 17.9 Å². The summed E-state index contributed by atoms with van der Waals surface area (Å²) in [6, 6.07) is 0. The molecule has 1 aromatic heterocycles. The predicted octanol–water partition coefficient (Wildman–Crippen LogP) is 1.49. The molecule has 0 aromatic carbocycles. The van der Waals surface area contributed by atoms with Gasteiger partial charge in [-0.05, 0) is 26.3 Å². The lowest BCUT2D eigenvalue weighted by atomic mass is 10.1. The average molecular weight is 268 g/mol. The highest BCUT2D eigenvalue weighted by molar-refractivity contribution is 5.40. The Labute approximate surface area is 114 Å². The molecule has 0 atom stereocenters. The van der Waals surface area contributed by atoms with E-state index in [1.165, 1.54) is 0 Å². The molecule has 5 heteroatoms. The number of aliphatic hydroxyl groups excluding tert-OH is 1. The maximum Gasteiger partial charge on any atom is 0.141 e. The van der Waals surface area contributed by atoms with Crippen LogP contribution in [0.4, 0.5) is 0 Å². The van der Waals surface area contributed by atoms with E-state index in [4.69, 9.17) is 4.74 Å². The third-order valence-corrected chi connectivity index (χ3v) is 2.89. The van der Waals surface area contributed by atoms with E-state index in [1.54, 1.807) is 13.1 Å². The Morgan fingerprint density at radius 3 is 2.84 bits per heavy atom. The maximum atomic E-state index is 9.94. The van der Waals surface area contributed by atoms with E-state index in [0.717, 1.165) is 38.2 Å². The molecule has 0 aliphatic carbocycles. The number of aryl methyl sites for hydroxylation is 1. The Balaban J connectivity index is 2.38. The molecule has 0 fully saturated rings. The van der Waals surface area contributed by atoms with Crippen molar-refractivity contribution in [2.24, 2.45) is 0 Å². The van der Waals surface area contributed by atoms with E-state index >= 15 is 0 Å². The molecule has 1 heterocycles. The minimum atomic E-state index is -0.114. The maximum absolute atomic E-state index is 9.94. The average Bonchev–Trinajstić information content (AvgIpc) is 2.42. The number of ether oxygens (including phenoxy) is 1. The van der Waals surface area contributed by atoms with Crippen molar-refractivity contribution >= 4 is 0 Å². The van der Waals surface area contributed by atoms with Gasteiger partial charge < -0.3 is 20.3 Å². The van der Waals surface area contributed by atoms with Crippen LogP contribution in [0.3, 0.4) is 0 Å². The fraction of sp³-hybridized carbons (Fsp3) is 0.643. The summed E-state index contributed by atoms with van der Waals surface area (Å²) in [5.74, 6) is 0.168. The van der Waals surface area contributed by atoms with Crippen LogP contribution in [0.2, 0.25) is 0 Å². The summed E-state index contributed by atoms with van der Waals surface area (Å²) < 4.78 is 5.38. The van der Waals surface area contributed by atoms with Gasteiger partial charge in [0.15, 0.2) is 0 Å². The number of nitrogens with zero attached hydrogens (tertiary/aromatic N) is 1. The molecule has 19 heavy (non-hydrogen) atoms. The van der Waals surface area contributed by atoms with Crippen LogP contribution in [0.1, 0.15) is 36.6 Å². The first kappa shape index (κ1) is 15.9. The van der Waals surface area contributed by atoms with Gasteiger partial charge in [-0.25, -0.2) is 0 Å². The second kappa shape index (κ2) is 8.85. The molecule has 0 unspecified atom stereocenters. The van der Waals surface area contributed by atoms with Crippen molar-refractivity contribution in [2.45, 2.75) is 39.8 Å². The van der Waals surface area contributed by atoms with Gasteiger partial charge in [-0.3, -0.25) is 4.98 Å². The van der Waals surface area contributed by atoms with Crippen molar-refractivity contribution in [3.63, 3.8) is 0 Å². The van der Waals surface area contributed by atoms with E-state index in [0.29, 0.717) is 17.8 Å². The van der Waals surface area contributed by atoms with Crippen LogP contribution < -0.4 is 5.32 Å². The highest BCUT2D eigenvalue weighted by atomic mass is 16.5. The molecule has 0 radical (unpaired) electrons. The summed E-state index contributed by atoms with van der Waals surface area (Å²) in [7, 11) is 0. The molecule has 0 amide bonds. The molecule has 0 saturated heterocycles. The number of pyridine rings is 1. The first-order chi connectivity index (χ1) is 9.20. The zero-order valence-electron chi connectivity index (χ0n) is 11.8. The van der Waals surface area contributed by atoms with Crippen LogP contribution in [0.5, 0.6) is 5.75 Å². The summed E-state index contributed by atoms with van der Waals surface area (Å²) in [5, 5.41) is 22.4. The van der Waals surface area contributed by atoms with Crippen LogP contribution in [0, 0.1) is 6.92 Å². The zero-order valence-corrected chi connectivity index (χ0v) is 11.8. The highest BCUT2D eigenvalue weighted by Gasteiger charge is 2.10. The Morgan fingerprint density at radius 1 is 1.37 bits per heavy atom. The van der Waals surface area contributed by atoms with Crippen LogP contribution in [-0.4, -0.2) is 35.0 Å². The summed E-state index contributed by atoms with van der Waals surface area (Å²) in [5.41, 5.74) is 1.97. The van der Waals surface area contributed by atoms with Gasteiger partial charge in [0, 0.05) is 37.1 Å². The van der Waals surface area contributed by atoms with Gasteiger partial charge in [0.05, 0.1) is 12.3 Å². The fourth-order valence-electron chi connectivity index (χ4n) is 1.78. The first-order valence-corrected chi connectivity index (χ1v) is 6.76. The predicted molar refractivity (Wildman–Crippen MR) is 74.0 cm³/mol. The molecule has 0 saturated carbocycles. The molecule has 3 N–H and O–H groups in total. The summed E-state index contributed by atoms with van der Waals surface area (Å²) in [6.45, 7) is 6.61. The molecule has 1 aromatic rings. The minimum absolute atomic E-state index is 0.114. The fourth-order valence-corrected chi connectivity index (χ4v) is 1.78. The number of aromatic hydroxyl groups is 1. The van der Waals surface area contributed by atoms with Gasteiger partial charge in [0.25, 0.3) is 0 Å². The summed E-state index contributed by atoms with van der Waals surface area (Å²) >= 11 is 0. The molecule has 0 aliphatic heterocycles. The van der Waals surface area contributed by atoms with Gasteiger partial charge >= 0.3 is 0 Å². The molecule has 0 bridgehead atoms. The molecule has 0 aliphatic rings. The van der Waals surface area contributed by atoms with E-state index in [2.05, 4.69) is 17.2 Å². The standard InChI is InChI=1S/C14H24N2O3/c1-3-6-19-7-4-5-15-9-13-12(10-17)8-16-11(2)14(13)18/h8,15,17-18H,3-7,9-10H2,1-2H3. The Kier molecular flexibility index (Phi) is 7.40. The van der Waals surface area contributed by atoms with E-state index < -0.39 is 0 Å². The number of hydrogen-bond donors (Lipinski definition) is 3. The third-order valence-electron chi connectivity index (χ3n) is 2.89. The van der Waals surface area contributed by atoms with Crippen LogP contribution in [0.15, 0.2) is 6.20 Å². The smallest absolute Gasteiger partial charge is 0.141 e. The lowest BCUT2D eigenvalue weighted by Gasteiger charge is -2.12. The van der Waals surface area contributed by atoms with Crippen molar-refractivity contribution in [3.8, 4) is 5.75 Å². The number of rotatable bonds is 9. The van der Waals surface area contributed by atoms with Crippen molar-refractivity contribution in [2.75, 3.05) is 19.8 Å². The van der Waals surface area contributed by atoms with E-state index in [1.807, 2.05) is 0 Å². The number of aromatic nitrogens is 1. The van der Waals surface area contributed by atoms with Gasteiger partial charge in [0.2, 0.25) is 0 Å². The molecular formula is C14H24N2O3. The SMILES string of the molecule is CCCOCCCNCc1c(CO)cnc(C)c1O. The van der Waals surface area contributed by atoms with Crippen molar-refractivity contribution in [1.82, 2.24) is 10.3 Å². The molecule has 5 nitrogen and oxygen atoms in total. The molecule has 1 rings (SSSR count). The van der Waals surface area contributed by atoms with Crippen LogP contribution >= 0.6 is 0 Å². The van der Waals surface area contributed by atoms with Crippen molar-refractivity contribution in [3.05, 3.63) is 23.0 Å². The first-order valence-electron chi connectivity index (χ1n) is 6.76. The van der Waals surface area contributed by atoms with Crippen molar-refractivity contribution < 1.29 is 14.9 Å². The normalized spacial score (nSPS) is 10.9. The Bertz CT molecular complexity index is 383. The Morgan fingerprint density at radius 2 is 2.16 bits per heavy atom. The topological polar surface area (TPSA) is 74.6 Å². The number of aliphatic hydroxyl groups is 1. The number of hydrogen-bond acceptors (Lipinski definition) is 5. The second-order valence-corrected chi connectivity index (χ2v) is 4.50. The lowest BCUT2D eigenvalue weighted by molar-refractivity contribution is 0.132. The molecule has 108 valence electrons. The molecule has 0 spiro atoms. The second-order valence-electron chi connectivity index (χ2n) is 4.50. The van der Waals surface area contributed by atoms with Gasteiger partial charge in [-0.2, -0.15) is 0 Å². The monoisotopic (exact) mass is 268 g/mol. The Hall–Kier alpha value is -1.17. The minimum Gasteiger partial charge on any atom is -0.506 e. The largest absolute Gasteiger partial charge is 0.506 e. The third kappa shape index (κ3) is 5.14. The van der Waals surface area contributed by atoms with Gasteiger partial charge in [0.1, 0.15) is 5.75 Å². The van der Waals surface area contributed by atoms with E-state index in [9.17, 15) is 10.2 Å². The zero-order chi connectivity index (χ0) is 14.1. The quantitative estimate of drug-likeness (QED) is 0.592. The van der Waals surface area contributed by atoms with Crippen molar-refractivity contribution in [1.29, 1.82) is 0 Å². The van der Waals surface area contributed by atoms with Crippen LogP contribution in [0.25, 0.3) is 0 Å².